The van der Waals surface area contributed by atoms with E-state index in [0.717, 1.165) is 35.6 Å². The van der Waals surface area contributed by atoms with Crippen molar-refractivity contribution < 1.29 is 37.1 Å². The number of carbonyl (C=O) groups is 5. The summed E-state index contributed by atoms with van der Waals surface area (Å²) in [5, 5.41) is 9.55. The van der Waals surface area contributed by atoms with Crippen LogP contribution in [0.15, 0.2) is 42.6 Å². The molecule has 4 heterocycles. The molecule has 0 bridgehead atoms. The maximum absolute atomic E-state index is 13.5. The summed E-state index contributed by atoms with van der Waals surface area (Å²) >= 11 is 0. The fourth-order valence-corrected chi connectivity index (χ4v) is 6.45. The SMILES string of the molecule is Cc1nn(C(C)(C)C(=O)Nc2ccc(C(F)(F)F)cc2C2CC2)cc1C#CC1CN(c2ccc3c(c2)C(=O)N(C2CCC(=O)NC2=O)C3=O)C1. The maximum atomic E-state index is 13.5. The fourth-order valence-electron chi connectivity index (χ4n) is 6.45. The Balaban J connectivity index is 0.997. The lowest BCUT2D eigenvalue weighted by Gasteiger charge is -2.38. The van der Waals surface area contributed by atoms with E-state index in [4.69, 9.17) is 0 Å². The molecule has 1 saturated carbocycles. The predicted octanol–water partition coefficient (Wildman–Crippen LogP) is 4.35. The van der Waals surface area contributed by atoms with Gasteiger partial charge < -0.3 is 10.2 Å². The Morgan fingerprint density at radius 2 is 1.70 bits per heavy atom. The highest BCUT2D eigenvalue weighted by atomic mass is 19.4. The molecule has 11 nitrogen and oxygen atoms in total. The molecule has 2 N–H and O–H groups in total. The molecule has 2 saturated heterocycles. The van der Waals surface area contributed by atoms with Crippen molar-refractivity contribution in [1.82, 2.24) is 20.0 Å². The van der Waals surface area contributed by atoms with Crippen molar-refractivity contribution in [3.63, 3.8) is 0 Å². The molecule has 7 rings (SSSR count). The molecule has 3 aromatic rings. The lowest BCUT2D eigenvalue weighted by atomic mass is 9.98. The monoisotopic (exact) mass is 686 g/mol. The van der Waals surface area contributed by atoms with E-state index in [1.165, 1.54) is 10.7 Å². The zero-order valence-electron chi connectivity index (χ0n) is 27.5. The first-order chi connectivity index (χ1) is 23.6. The molecular weight excluding hydrogens is 653 g/mol. The molecular formula is C36H33F3N6O5. The maximum Gasteiger partial charge on any atom is 0.416 e. The van der Waals surface area contributed by atoms with Gasteiger partial charge in [-0.1, -0.05) is 11.8 Å². The second-order valence-electron chi connectivity index (χ2n) is 13.7. The number of imide groups is 2. The van der Waals surface area contributed by atoms with E-state index < -0.39 is 52.9 Å². The summed E-state index contributed by atoms with van der Waals surface area (Å²) in [7, 11) is 0. The molecule has 1 unspecified atom stereocenters. The molecule has 3 fully saturated rings. The van der Waals surface area contributed by atoms with E-state index in [1.807, 2.05) is 4.90 Å². The molecule has 3 aliphatic heterocycles. The minimum atomic E-state index is -4.47. The summed E-state index contributed by atoms with van der Waals surface area (Å²) < 4.78 is 41.5. The number of carbonyl (C=O) groups excluding carboxylic acids is 5. The molecule has 5 amide bonds. The largest absolute Gasteiger partial charge is 0.416 e. The van der Waals surface area contributed by atoms with Gasteiger partial charge in [0.15, 0.2) is 0 Å². The van der Waals surface area contributed by atoms with Gasteiger partial charge in [-0.25, -0.2) is 0 Å². The number of hydrogen-bond acceptors (Lipinski definition) is 7. The number of piperidine rings is 1. The van der Waals surface area contributed by atoms with Gasteiger partial charge in [-0.2, -0.15) is 18.3 Å². The van der Waals surface area contributed by atoms with Crippen molar-refractivity contribution in [2.45, 2.75) is 70.1 Å². The molecule has 4 aliphatic rings. The molecule has 0 radical (unpaired) electrons. The molecule has 1 aliphatic carbocycles. The third-order valence-corrected chi connectivity index (χ3v) is 9.75. The fraction of sp³-hybridized carbons (Fsp3) is 0.389. The summed E-state index contributed by atoms with van der Waals surface area (Å²) in [6, 6.07) is 7.36. The minimum Gasteiger partial charge on any atom is -0.369 e. The van der Waals surface area contributed by atoms with Crippen LogP contribution in [0.3, 0.4) is 0 Å². The number of halogens is 3. The van der Waals surface area contributed by atoms with Crippen molar-refractivity contribution in [3.05, 3.63) is 76.1 Å². The highest BCUT2D eigenvalue weighted by Gasteiger charge is 2.45. The summed E-state index contributed by atoms with van der Waals surface area (Å²) in [4.78, 5) is 66.5. The Morgan fingerprint density at radius 1 is 0.980 bits per heavy atom. The third-order valence-electron chi connectivity index (χ3n) is 9.75. The van der Waals surface area contributed by atoms with Gasteiger partial charge in [0, 0.05) is 37.1 Å². The van der Waals surface area contributed by atoms with Crippen LogP contribution in [0.4, 0.5) is 24.5 Å². The topological polar surface area (TPSA) is 134 Å². The number of alkyl halides is 3. The quantitative estimate of drug-likeness (QED) is 0.291. The van der Waals surface area contributed by atoms with Gasteiger partial charge >= 0.3 is 6.18 Å². The number of benzene rings is 2. The first kappa shape index (κ1) is 33.1. The smallest absolute Gasteiger partial charge is 0.369 e. The van der Waals surface area contributed by atoms with E-state index >= 15 is 0 Å². The Hall–Kier alpha value is -5.45. The molecule has 1 atom stereocenters. The van der Waals surface area contributed by atoms with Crippen molar-refractivity contribution >= 4 is 40.9 Å². The van der Waals surface area contributed by atoms with Crippen LogP contribution in [-0.4, -0.2) is 63.3 Å². The summed E-state index contributed by atoms with van der Waals surface area (Å²) in [6.45, 7) is 6.28. The van der Waals surface area contributed by atoms with Crippen LogP contribution in [-0.2, 0) is 26.1 Å². The minimum absolute atomic E-state index is 0.000122. The van der Waals surface area contributed by atoms with E-state index in [0.29, 0.717) is 35.6 Å². The second kappa shape index (κ2) is 11.9. The number of fused-ring (bicyclic) bond motifs is 1. The summed E-state index contributed by atoms with van der Waals surface area (Å²) in [5.41, 5.74) is 1.34. The first-order valence-corrected chi connectivity index (χ1v) is 16.3. The van der Waals surface area contributed by atoms with Gasteiger partial charge in [-0.05, 0) is 87.9 Å². The van der Waals surface area contributed by atoms with Gasteiger partial charge in [0.2, 0.25) is 11.8 Å². The highest BCUT2D eigenvalue weighted by Crippen LogP contribution is 2.45. The van der Waals surface area contributed by atoms with Crippen molar-refractivity contribution in [2.24, 2.45) is 5.92 Å². The lowest BCUT2D eigenvalue weighted by molar-refractivity contribution is -0.138. The van der Waals surface area contributed by atoms with E-state index in [2.05, 4.69) is 27.6 Å². The number of amides is 5. The molecule has 0 spiro atoms. The number of hydrogen-bond donors (Lipinski definition) is 2. The number of rotatable bonds is 6. The lowest BCUT2D eigenvalue weighted by Crippen LogP contribution is -2.54. The van der Waals surface area contributed by atoms with Crippen LogP contribution >= 0.6 is 0 Å². The standard InChI is InChI=1S/C36H33F3N6O5/c1-19-22(18-44(42-19)35(2,3)34(50)40-28-11-8-23(36(37,38)39)14-26(28)21-6-7-21)5-4-20-16-43(17-20)24-9-10-25-27(15-24)33(49)45(32(25)48)29-12-13-30(46)41-31(29)47/h8-11,14-15,18,20-21,29H,6-7,12-13,16-17H2,1-3H3,(H,40,50)(H,41,46,47). The normalized spacial score (nSPS) is 19.5. The molecule has 258 valence electrons. The first-order valence-electron chi connectivity index (χ1n) is 16.3. The molecule has 2 aromatic carbocycles. The number of anilines is 2. The molecule has 14 heteroatoms. The predicted molar refractivity (Wildman–Crippen MR) is 174 cm³/mol. The van der Waals surface area contributed by atoms with Gasteiger partial charge in [0.1, 0.15) is 11.6 Å². The van der Waals surface area contributed by atoms with Gasteiger partial charge in [-0.3, -0.25) is 38.9 Å². The Morgan fingerprint density at radius 3 is 2.38 bits per heavy atom. The van der Waals surface area contributed by atoms with E-state index in [1.54, 1.807) is 45.2 Å². The van der Waals surface area contributed by atoms with E-state index in [9.17, 15) is 37.1 Å². The van der Waals surface area contributed by atoms with Crippen molar-refractivity contribution in [1.29, 1.82) is 0 Å². The van der Waals surface area contributed by atoms with Crippen LogP contribution in [0.5, 0.6) is 0 Å². The van der Waals surface area contributed by atoms with Crippen LogP contribution in [0.1, 0.15) is 88.5 Å². The zero-order valence-corrected chi connectivity index (χ0v) is 27.5. The number of nitrogens with zero attached hydrogens (tertiary/aromatic N) is 4. The Labute approximate surface area is 285 Å². The van der Waals surface area contributed by atoms with E-state index in [-0.39, 0.29) is 35.8 Å². The van der Waals surface area contributed by atoms with Crippen LogP contribution in [0.25, 0.3) is 0 Å². The van der Waals surface area contributed by atoms with Crippen LogP contribution in [0, 0.1) is 24.7 Å². The highest BCUT2D eigenvalue weighted by molar-refractivity contribution is 6.23. The average Bonchev–Trinajstić information content (AvgIpc) is 3.77. The molecule has 1 aromatic heterocycles. The third kappa shape index (κ3) is 5.90. The average molecular weight is 687 g/mol. The van der Waals surface area contributed by atoms with Crippen molar-refractivity contribution in [2.75, 3.05) is 23.3 Å². The van der Waals surface area contributed by atoms with Gasteiger partial charge in [0.25, 0.3) is 17.7 Å². The second-order valence-corrected chi connectivity index (χ2v) is 13.7. The van der Waals surface area contributed by atoms with Gasteiger partial charge in [-0.15, -0.1) is 0 Å². The number of aryl methyl sites for hydroxylation is 1. The summed E-state index contributed by atoms with van der Waals surface area (Å²) in [5.74, 6) is 3.74. The number of aromatic nitrogens is 2. The summed E-state index contributed by atoms with van der Waals surface area (Å²) in [6.07, 6.45) is -1.11. The Kier molecular flexibility index (Phi) is 7.84. The van der Waals surface area contributed by atoms with Crippen LogP contribution in [0.2, 0.25) is 0 Å². The number of nitrogens with one attached hydrogen (secondary N) is 2. The van der Waals surface area contributed by atoms with Crippen LogP contribution < -0.4 is 15.5 Å². The Bertz CT molecular complexity index is 2050. The van der Waals surface area contributed by atoms with Crippen molar-refractivity contribution in [3.8, 4) is 11.8 Å². The zero-order chi connectivity index (χ0) is 35.7. The molecule has 50 heavy (non-hydrogen) atoms. The van der Waals surface area contributed by atoms with Gasteiger partial charge in [0.05, 0.1) is 33.9 Å².